The number of nitrogens with zero attached hydrogens (tertiary/aromatic N) is 4. The number of hydrogen-bond donors (Lipinski definition) is 1. The van der Waals surface area contributed by atoms with Crippen molar-refractivity contribution < 1.29 is 0 Å². The van der Waals surface area contributed by atoms with Crippen molar-refractivity contribution in [2.24, 2.45) is 5.11 Å². The number of nitrogen functional groups attached to an aromatic ring is 1. The van der Waals surface area contributed by atoms with Gasteiger partial charge in [0.05, 0.1) is 10.2 Å². The van der Waals surface area contributed by atoms with Gasteiger partial charge in [0.1, 0.15) is 5.01 Å². The van der Waals surface area contributed by atoms with E-state index in [1.807, 2.05) is 36.4 Å². The molecule has 2 N–H and O–H groups in total. The third-order valence-corrected chi connectivity index (χ3v) is 3.73. The molecule has 0 aliphatic carbocycles. The Balaban J connectivity index is 2.13. The Hall–Kier alpha value is -2.56. The molecule has 0 bridgehead atoms. The summed E-state index contributed by atoms with van der Waals surface area (Å²) in [6.07, 6.45) is 0. The lowest BCUT2D eigenvalue weighted by atomic mass is 10.2. The summed E-state index contributed by atoms with van der Waals surface area (Å²) >= 11 is 1.57. The van der Waals surface area contributed by atoms with Gasteiger partial charge < -0.3 is 5.73 Å². The Kier molecular flexibility index (Phi) is 2.79. The summed E-state index contributed by atoms with van der Waals surface area (Å²) in [5, 5.41) is 4.48. The van der Waals surface area contributed by atoms with E-state index in [4.69, 9.17) is 11.3 Å². The average molecular weight is 267 g/mol. The summed E-state index contributed by atoms with van der Waals surface area (Å²) in [6, 6.07) is 13.0. The number of hydrogen-bond acceptors (Lipinski definition) is 4. The molecule has 0 aliphatic rings. The average Bonchev–Trinajstić information content (AvgIpc) is 2.82. The minimum absolute atomic E-state index is 0.582. The number of anilines is 1. The Labute approximate surface area is 113 Å². The van der Waals surface area contributed by atoms with Crippen LogP contribution in [0.5, 0.6) is 0 Å². The van der Waals surface area contributed by atoms with E-state index in [1.165, 1.54) is 0 Å². The van der Waals surface area contributed by atoms with E-state index in [0.717, 1.165) is 26.5 Å². The lowest BCUT2D eigenvalue weighted by Gasteiger charge is -1.96. The number of benzene rings is 2. The monoisotopic (exact) mass is 267 g/mol. The smallest absolute Gasteiger partial charge is 0.124 e. The molecule has 0 unspecified atom stereocenters. The molecule has 0 spiro atoms. The second-order valence-electron chi connectivity index (χ2n) is 3.99. The maximum absolute atomic E-state index is 8.46. The van der Waals surface area contributed by atoms with Crippen LogP contribution in [0, 0.1) is 0 Å². The number of aromatic nitrogens is 1. The molecule has 19 heavy (non-hydrogen) atoms. The van der Waals surface area contributed by atoms with Crippen molar-refractivity contribution in [1.29, 1.82) is 0 Å². The summed E-state index contributed by atoms with van der Waals surface area (Å²) in [4.78, 5) is 7.34. The normalized spacial score (nSPS) is 10.3. The zero-order chi connectivity index (χ0) is 13.2. The molecule has 0 saturated heterocycles. The molecule has 1 heterocycles. The molecule has 5 nitrogen and oxygen atoms in total. The van der Waals surface area contributed by atoms with E-state index in [9.17, 15) is 0 Å². The summed E-state index contributed by atoms with van der Waals surface area (Å²) in [5.41, 5.74) is 17.4. The highest BCUT2D eigenvalue weighted by Gasteiger charge is 2.06. The quantitative estimate of drug-likeness (QED) is 0.321. The molecule has 2 aromatic carbocycles. The molecule has 0 amide bonds. The fraction of sp³-hybridized carbons (Fsp3) is 0. The van der Waals surface area contributed by atoms with Gasteiger partial charge in [0.15, 0.2) is 0 Å². The van der Waals surface area contributed by atoms with Crippen molar-refractivity contribution in [3.63, 3.8) is 0 Å². The molecule has 0 atom stereocenters. The van der Waals surface area contributed by atoms with Crippen molar-refractivity contribution in [2.45, 2.75) is 0 Å². The summed E-state index contributed by atoms with van der Waals surface area (Å²) in [5.74, 6) is 0. The van der Waals surface area contributed by atoms with Gasteiger partial charge in [0.25, 0.3) is 0 Å². The number of thiazole rings is 1. The Bertz CT molecular complexity index is 802. The maximum atomic E-state index is 8.46. The van der Waals surface area contributed by atoms with Gasteiger partial charge in [-0.25, -0.2) is 4.98 Å². The van der Waals surface area contributed by atoms with Crippen LogP contribution < -0.4 is 5.73 Å². The van der Waals surface area contributed by atoms with Crippen LogP contribution in [0.15, 0.2) is 47.6 Å². The molecule has 92 valence electrons. The van der Waals surface area contributed by atoms with Gasteiger partial charge in [-0.2, -0.15) is 0 Å². The highest BCUT2D eigenvalue weighted by atomic mass is 32.1. The molecule has 1 aromatic heterocycles. The minimum Gasteiger partial charge on any atom is -0.399 e. The number of rotatable bonds is 2. The first-order valence-electron chi connectivity index (χ1n) is 5.58. The Morgan fingerprint density at radius 2 is 2.11 bits per heavy atom. The van der Waals surface area contributed by atoms with Gasteiger partial charge in [-0.3, -0.25) is 0 Å². The number of azide groups is 1. The first-order valence-corrected chi connectivity index (χ1v) is 6.39. The number of nitrogens with two attached hydrogens (primary N) is 1. The van der Waals surface area contributed by atoms with Crippen LogP contribution in [0.2, 0.25) is 0 Å². The Morgan fingerprint density at radius 1 is 1.21 bits per heavy atom. The van der Waals surface area contributed by atoms with Gasteiger partial charge >= 0.3 is 0 Å². The van der Waals surface area contributed by atoms with Crippen LogP contribution in [-0.4, -0.2) is 4.98 Å². The van der Waals surface area contributed by atoms with E-state index in [-0.39, 0.29) is 0 Å². The molecule has 0 fully saturated rings. The molecule has 0 saturated carbocycles. The van der Waals surface area contributed by atoms with Crippen LogP contribution in [0.3, 0.4) is 0 Å². The molecule has 6 heteroatoms. The molecular weight excluding hydrogens is 258 g/mol. The van der Waals surface area contributed by atoms with Crippen molar-refractivity contribution in [3.05, 3.63) is 52.9 Å². The molecule has 3 aromatic rings. The van der Waals surface area contributed by atoms with Crippen LogP contribution in [0.1, 0.15) is 0 Å². The van der Waals surface area contributed by atoms with E-state index in [1.54, 1.807) is 17.4 Å². The first-order chi connectivity index (χ1) is 9.26. The first kappa shape index (κ1) is 11.5. The maximum Gasteiger partial charge on any atom is 0.124 e. The van der Waals surface area contributed by atoms with E-state index >= 15 is 0 Å². The van der Waals surface area contributed by atoms with Crippen LogP contribution in [0.4, 0.5) is 11.4 Å². The number of fused-ring (bicyclic) bond motifs is 1. The topological polar surface area (TPSA) is 87.7 Å². The van der Waals surface area contributed by atoms with Gasteiger partial charge in [-0.15, -0.1) is 11.3 Å². The summed E-state index contributed by atoms with van der Waals surface area (Å²) in [6.45, 7) is 0. The van der Waals surface area contributed by atoms with Crippen LogP contribution in [0.25, 0.3) is 31.2 Å². The van der Waals surface area contributed by atoms with E-state index in [2.05, 4.69) is 15.0 Å². The van der Waals surface area contributed by atoms with Crippen molar-refractivity contribution in [3.8, 4) is 10.6 Å². The van der Waals surface area contributed by atoms with Gasteiger partial charge in [0, 0.05) is 21.8 Å². The zero-order valence-electron chi connectivity index (χ0n) is 9.82. The molecular formula is C13H9N5S. The largest absolute Gasteiger partial charge is 0.399 e. The van der Waals surface area contributed by atoms with Crippen molar-refractivity contribution >= 4 is 32.9 Å². The van der Waals surface area contributed by atoms with Crippen LogP contribution in [-0.2, 0) is 0 Å². The Morgan fingerprint density at radius 3 is 2.95 bits per heavy atom. The van der Waals surface area contributed by atoms with Gasteiger partial charge in [-0.05, 0) is 29.8 Å². The standard InChI is InChI=1S/C13H9N5S/c14-9-4-5-11-12(7-9)19-13(16-11)8-2-1-3-10(6-8)17-18-15/h1-7H,14H2. The highest BCUT2D eigenvalue weighted by molar-refractivity contribution is 7.21. The fourth-order valence-corrected chi connectivity index (χ4v) is 2.83. The zero-order valence-corrected chi connectivity index (χ0v) is 10.6. The fourth-order valence-electron chi connectivity index (χ4n) is 1.82. The van der Waals surface area contributed by atoms with E-state index in [0.29, 0.717) is 5.69 Å². The van der Waals surface area contributed by atoms with E-state index < -0.39 is 0 Å². The second kappa shape index (κ2) is 4.61. The minimum atomic E-state index is 0.582. The van der Waals surface area contributed by atoms with Crippen LogP contribution >= 0.6 is 11.3 Å². The van der Waals surface area contributed by atoms with Gasteiger partial charge in [0.2, 0.25) is 0 Å². The lowest BCUT2D eigenvalue weighted by molar-refractivity contribution is 1.44. The predicted octanol–water partition coefficient (Wildman–Crippen LogP) is 4.49. The summed E-state index contributed by atoms with van der Waals surface area (Å²) < 4.78 is 1.05. The molecule has 3 rings (SSSR count). The van der Waals surface area contributed by atoms with Gasteiger partial charge in [-0.1, -0.05) is 23.3 Å². The third-order valence-electron chi connectivity index (χ3n) is 2.67. The van der Waals surface area contributed by atoms with Crippen molar-refractivity contribution in [1.82, 2.24) is 4.98 Å². The predicted molar refractivity (Wildman–Crippen MR) is 78.3 cm³/mol. The highest BCUT2D eigenvalue weighted by Crippen LogP contribution is 2.32. The molecule has 0 radical (unpaired) electrons. The van der Waals surface area contributed by atoms with Crippen molar-refractivity contribution in [2.75, 3.05) is 5.73 Å². The summed E-state index contributed by atoms with van der Waals surface area (Å²) in [7, 11) is 0. The lowest BCUT2D eigenvalue weighted by Crippen LogP contribution is -1.81. The second-order valence-corrected chi connectivity index (χ2v) is 5.02. The third kappa shape index (κ3) is 2.22. The molecule has 0 aliphatic heterocycles. The SMILES string of the molecule is [N-]=[N+]=Nc1cccc(-c2nc3ccc(N)cc3s2)c1.